The van der Waals surface area contributed by atoms with Gasteiger partial charge in [-0.2, -0.15) is 0 Å². The smallest absolute Gasteiger partial charge is 0.410 e. The molecule has 1 fully saturated rings. The maximum atomic E-state index is 12.3. The van der Waals surface area contributed by atoms with Crippen LogP contribution in [0.25, 0.3) is 0 Å². The highest BCUT2D eigenvalue weighted by Crippen LogP contribution is 2.33. The van der Waals surface area contributed by atoms with Crippen LogP contribution in [0.4, 0.5) is 4.79 Å². The van der Waals surface area contributed by atoms with Gasteiger partial charge in [0.1, 0.15) is 5.60 Å². The van der Waals surface area contributed by atoms with Crippen molar-refractivity contribution in [2.75, 3.05) is 26.3 Å². The van der Waals surface area contributed by atoms with Gasteiger partial charge in [0.05, 0.1) is 29.4 Å². The van der Waals surface area contributed by atoms with Crippen LogP contribution in [-0.4, -0.2) is 48.0 Å². The molecule has 1 N–H and O–H groups in total. The Bertz CT molecular complexity index is 588. The Kier molecular flexibility index (Phi) is 6.37. The van der Waals surface area contributed by atoms with E-state index < -0.39 is 11.7 Å². The van der Waals surface area contributed by atoms with Gasteiger partial charge in [0, 0.05) is 19.0 Å². The number of halogens is 2. The van der Waals surface area contributed by atoms with Gasteiger partial charge >= 0.3 is 6.09 Å². The Labute approximate surface area is 152 Å². The van der Waals surface area contributed by atoms with Crippen LogP contribution in [0.1, 0.15) is 32.4 Å². The van der Waals surface area contributed by atoms with Gasteiger partial charge in [0.15, 0.2) is 0 Å². The van der Waals surface area contributed by atoms with Crippen molar-refractivity contribution in [3.63, 3.8) is 0 Å². The summed E-state index contributed by atoms with van der Waals surface area (Å²) in [6.45, 7) is 6.44. The van der Waals surface area contributed by atoms with Crippen molar-refractivity contribution >= 4 is 29.3 Å². The van der Waals surface area contributed by atoms with Gasteiger partial charge in [-0.1, -0.05) is 29.3 Å². The molecule has 1 aromatic rings. The molecular formula is C17H23Cl2NO4. The topological polar surface area (TPSA) is 59.0 Å². The van der Waals surface area contributed by atoms with Crippen LogP contribution in [-0.2, 0) is 9.47 Å². The first-order valence-electron chi connectivity index (χ1n) is 7.86. The van der Waals surface area contributed by atoms with Gasteiger partial charge in [-0.3, -0.25) is 0 Å². The minimum absolute atomic E-state index is 0.121. The van der Waals surface area contributed by atoms with Crippen molar-refractivity contribution < 1.29 is 19.4 Å². The molecule has 134 valence electrons. The molecule has 2 atom stereocenters. The molecule has 1 aliphatic rings. The third-order valence-corrected chi connectivity index (χ3v) is 4.44. The van der Waals surface area contributed by atoms with Crippen LogP contribution in [0.3, 0.4) is 0 Å². The predicted octanol–water partition coefficient (Wildman–Crippen LogP) is 3.91. The van der Waals surface area contributed by atoms with Crippen LogP contribution in [0, 0.1) is 5.92 Å². The highest BCUT2D eigenvalue weighted by molar-refractivity contribution is 6.42. The Balaban J connectivity index is 2.16. The molecule has 0 radical (unpaired) electrons. The van der Waals surface area contributed by atoms with E-state index in [1.54, 1.807) is 17.0 Å². The average Bonchev–Trinajstić information content (AvgIpc) is 2.70. The number of rotatable bonds is 2. The lowest BCUT2D eigenvalue weighted by Gasteiger charge is -2.29. The monoisotopic (exact) mass is 375 g/mol. The summed E-state index contributed by atoms with van der Waals surface area (Å²) < 4.78 is 11.3. The highest BCUT2D eigenvalue weighted by atomic mass is 35.5. The summed E-state index contributed by atoms with van der Waals surface area (Å²) in [4.78, 5) is 13.9. The van der Waals surface area contributed by atoms with Crippen molar-refractivity contribution in [3.05, 3.63) is 33.8 Å². The van der Waals surface area contributed by atoms with Crippen molar-refractivity contribution in [3.8, 4) is 0 Å². The lowest BCUT2D eigenvalue weighted by atomic mass is 9.96. The van der Waals surface area contributed by atoms with E-state index in [1.165, 1.54) is 0 Å². The first kappa shape index (κ1) is 19.3. The summed E-state index contributed by atoms with van der Waals surface area (Å²) in [5.74, 6) is -0.280. The van der Waals surface area contributed by atoms with Crippen LogP contribution in [0.5, 0.6) is 0 Å². The largest absolute Gasteiger partial charge is 0.444 e. The maximum absolute atomic E-state index is 12.3. The standard InChI is InChI=1S/C17H23Cl2NO4/c1-17(2,3)24-16(22)20-6-7-23-15(12(9-20)10-21)11-4-5-13(18)14(19)8-11/h4-5,8,12,15,21H,6-7,9-10H2,1-3H3/t12-,15+/m1/s1. The molecule has 0 aromatic heterocycles. The molecular weight excluding hydrogens is 353 g/mol. The lowest BCUT2D eigenvalue weighted by molar-refractivity contribution is 0.0108. The van der Waals surface area contributed by atoms with Gasteiger partial charge in [-0.15, -0.1) is 0 Å². The zero-order valence-electron chi connectivity index (χ0n) is 14.1. The van der Waals surface area contributed by atoms with Crippen LogP contribution in [0.2, 0.25) is 10.0 Å². The average molecular weight is 376 g/mol. The normalized spacial score (nSPS) is 22.2. The first-order valence-corrected chi connectivity index (χ1v) is 8.62. The minimum Gasteiger partial charge on any atom is -0.444 e. The molecule has 0 spiro atoms. The predicted molar refractivity (Wildman–Crippen MR) is 93.5 cm³/mol. The molecule has 0 saturated carbocycles. The Hall–Kier alpha value is -1.01. The quantitative estimate of drug-likeness (QED) is 0.850. The number of ether oxygens (including phenoxy) is 2. The number of amides is 1. The van der Waals surface area contributed by atoms with E-state index in [4.69, 9.17) is 32.7 Å². The third kappa shape index (κ3) is 4.99. The number of nitrogens with zero attached hydrogens (tertiary/aromatic N) is 1. The number of benzene rings is 1. The molecule has 1 aromatic carbocycles. The number of hydrogen-bond donors (Lipinski definition) is 1. The van der Waals surface area contributed by atoms with Gasteiger partial charge in [0.25, 0.3) is 0 Å². The summed E-state index contributed by atoms with van der Waals surface area (Å²) in [5.41, 5.74) is 0.261. The van der Waals surface area contributed by atoms with Crippen molar-refractivity contribution in [2.45, 2.75) is 32.5 Å². The summed E-state index contributed by atoms with van der Waals surface area (Å²) in [7, 11) is 0. The highest BCUT2D eigenvalue weighted by Gasteiger charge is 2.32. The number of hydrogen-bond acceptors (Lipinski definition) is 4. The van der Waals surface area contributed by atoms with Crippen molar-refractivity contribution in [1.82, 2.24) is 4.90 Å². The number of carbonyl (C=O) groups is 1. The van der Waals surface area contributed by atoms with Gasteiger partial charge in [-0.25, -0.2) is 4.79 Å². The van der Waals surface area contributed by atoms with Crippen LogP contribution >= 0.6 is 23.2 Å². The molecule has 7 heteroatoms. The minimum atomic E-state index is -0.567. The van der Waals surface area contributed by atoms with Crippen molar-refractivity contribution in [1.29, 1.82) is 0 Å². The molecule has 0 unspecified atom stereocenters. The molecule has 24 heavy (non-hydrogen) atoms. The third-order valence-electron chi connectivity index (χ3n) is 3.70. The molecule has 1 heterocycles. The molecule has 0 aliphatic carbocycles. The van der Waals surface area contributed by atoms with E-state index in [0.29, 0.717) is 29.7 Å². The zero-order valence-corrected chi connectivity index (χ0v) is 15.6. The Morgan fingerprint density at radius 3 is 2.67 bits per heavy atom. The molecule has 5 nitrogen and oxygen atoms in total. The molecule has 1 amide bonds. The van der Waals surface area contributed by atoms with E-state index in [1.807, 2.05) is 26.8 Å². The van der Waals surface area contributed by atoms with Gasteiger partial charge < -0.3 is 19.5 Å². The Morgan fingerprint density at radius 1 is 1.38 bits per heavy atom. The second kappa shape index (κ2) is 7.91. The number of aliphatic hydroxyl groups excluding tert-OH is 1. The van der Waals surface area contributed by atoms with E-state index in [-0.39, 0.29) is 18.6 Å². The maximum Gasteiger partial charge on any atom is 0.410 e. The van der Waals surface area contributed by atoms with Crippen LogP contribution in [0.15, 0.2) is 18.2 Å². The second-order valence-electron chi connectivity index (χ2n) is 6.83. The SMILES string of the molecule is CC(C)(C)OC(=O)N1CCO[C@@H](c2ccc(Cl)c(Cl)c2)[C@@H](CO)C1. The fourth-order valence-electron chi connectivity index (χ4n) is 2.60. The first-order chi connectivity index (χ1) is 11.2. The summed E-state index contributed by atoms with van der Waals surface area (Å²) >= 11 is 12.0. The van der Waals surface area contributed by atoms with E-state index in [2.05, 4.69) is 0 Å². The summed E-state index contributed by atoms with van der Waals surface area (Å²) in [5, 5.41) is 10.7. The number of aliphatic hydroxyl groups is 1. The fourth-order valence-corrected chi connectivity index (χ4v) is 2.91. The fraction of sp³-hybridized carbons (Fsp3) is 0.588. The van der Waals surface area contributed by atoms with Crippen LogP contribution < -0.4 is 0 Å². The summed E-state index contributed by atoms with van der Waals surface area (Å²) in [6.07, 6.45) is -0.767. The summed E-state index contributed by atoms with van der Waals surface area (Å²) in [6, 6.07) is 5.26. The number of carbonyl (C=O) groups excluding carboxylic acids is 1. The second-order valence-corrected chi connectivity index (χ2v) is 7.65. The molecule has 0 bridgehead atoms. The lowest BCUT2D eigenvalue weighted by Crippen LogP contribution is -2.40. The van der Waals surface area contributed by atoms with E-state index >= 15 is 0 Å². The zero-order chi connectivity index (χ0) is 17.9. The molecule has 1 aliphatic heterocycles. The van der Waals surface area contributed by atoms with Gasteiger partial charge in [0.2, 0.25) is 0 Å². The van der Waals surface area contributed by atoms with E-state index in [0.717, 1.165) is 5.56 Å². The molecule has 1 saturated heterocycles. The van der Waals surface area contributed by atoms with E-state index in [9.17, 15) is 9.90 Å². The van der Waals surface area contributed by atoms with Gasteiger partial charge in [-0.05, 0) is 38.5 Å². The van der Waals surface area contributed by atoms with Crippen molar-refractivity contribution in [2.24, 2.45) is 5.92 Å². The Morgan fingerprint density at radius 2 is 2.08 bits per heavy atom. The molecule has 2 rings (SSSR count).